The standard InChI is InChI=1S/C36H50BrN3O8/c1-8-11-17-26(42)38-25(21-46-7)29(22-15-13-12-14-16-22)47-34(45)27-28-32(43)40(23(10-3)20-41)31(36(28)19-24(37)30(27)48-36)33(44)39(18-9-2)35(4,5)6/h8-9,12-16,23-25,27-31,41H,1-2,10-11,17-21H2,3-7H3,(H,38,42)/t23-,24?,25-,27-,28+,29-,30-,31-,36+/m0/s1. The van der Waals surface area contributed by atoms with Crippen LogP contribution in [0.5, 0.6) is 0 Å². The number of esters is 1. The van der Waals surface area contributed by atoms with Gasteiger partial charge in [0.2, 0.25) is 17.7 Å². The molecule has 3 amide bonds. The molecule has 2 N–H and O–H groups in total. The van der Waals surface area contributed by atoms with Crippen molar-refractivity contribution in [3.05, 3.63) is 61.2 Å². The number of likely N-dealkylation sites (tertiary alicyclic amines) is 1. The van der Waals surface area contributed by atoms with Crippen LogP contribution in [0.3, 0.4) is 0 Å². The second-order valence-corrected chi connectivity index (χ2v) is 15.0. The van der Waals surface area contributed by atoms with Gasteiger partial charge in [-0.2, -0.15) is 0 Å². The monoisotopic (exact) mass is 731 g/mol. The highest BCUT2D eigenvalue weighted by molar-refractivity contribution is 9.09. The van der Waals surface area contributed by atoms with Crippen LogP contribution in [0.1, 0.15) is 65.0 Å². The Kier molecular flexibility index (Phi) is 12.3. The molecule has 3 saturated heterocycles. The number of benzene rings is 1. The van der Waals surface area contributed by atoms with Gasteiger partial charge in [-0.1, -0.05) is 65.3 Å². The third-order valence-electron chi connectivity index (χ3n) is 9.70. The number of carbonyl (C=O) groups excluding carboxylic acids is 4. The minimum atomic E-state index is -1.34. The number of amides is 3. The number of ether oxygens (including phenoxy) is 3. The van der Waals surface area contributed by atoms with E-state index in [4.69, 9.17) is 14.2 Å². The van der Waals surface area contributed by atoms with Crippen molar-refractivity contribution in [3.8, 4) is 0 Å². The molecule has 0 aliphatic carbocycles. The van der Waals surface area contributed by atoms with Gasteiger partial charge in [0.15, 0.2) is 0 Å². The number of nitrogens with one attached hydrogen (secondary N) is 1. The van der Waals surface area contributed by atoms with Crippen molar-refractivity contribution >= 4 is 39.6 Å². The average Bonchev–Trinajstić information content (AvgIpc) is 3.65. The van der Waals surface area contributed by atoms with Gasteiger partial charge in [0.1, 0.15) is 17.7 Å². The maximum atomic E-state index is 14.6. The van der Waals surface area contributed by atoms with Crippen LogP contribution in [0, 0.1) is 11.8 Å². The number of fused-ring (bicyclic) bond motifs is 1. The zero-order valence-corrected chi connectivity index (χ0v) is 30.2. The maximum Gasteiger partial charge on any atom is 0.313 e. The van der Waals surface area contributed by atoms with E-state index >= 15 is 0 Å². The molecular formula is C36H50BrN3O8. The average molecular weight is 733 g/mol. The maximum absolute atomic E-state index is 14.6. The molecule has 1 unspecified atom stereocenters. The third-order valence-corrected chi connectivity index (χ3v) is 10.5. The summed E-state index contributed by atoms with van der Waals surface area (Å²) in [5, 5.41) is 13.4. The number of nitrogens with zero attached hydrogens (tertiary/aromatic N) is 2. The number of rotatable bonds is 16. The summed E-state index contributed by atoms with van der Waals surface area (Å²) in [4.78, 5) is 59.3. The molecule has 48 heavy (non-hydrogen) atoms. The van der Waals surface area contributed by atoms with Gasteiger partial charge in [0.05, 0.1) is 43.2 Å². The van der Waals surface area contributed by atoms with Gasteiger partial charge in [0.25, 0.3) is 0 Å². The Morgan fingerprint density at radius 3 is 2.48 bits per heavy atom. The van der Waals surface area contributed by atoms with Crippen molar-refractivity contribution in [2.45, 2.75) is 99.7 Å². The number of carbonyl (C=O) groups is 4. The molecule has 3 fully saturated rings. The van der Waals surface area contributed by atoms with Crippen LogP contribution in [0.4, 0.5) is 0 Å². The van der Waals surface area contributed by atoms with E-state index in [9.17, 15) is 24.3 Å². The van der Waals surface area contributed by atoms with Crippen molar-refractivity contribution in [3.63, 3.8) is 0 Å². The summed E-state index contributed by atoms with van der Waals surface area (Å²) < 4.78 is 18.4. The smallest absolute Gasteiger partial charge is 0.313 e. The molecule has 264 valence electrons. The van der Waals surface area contributed by atoms with Gasteiger partial charge in [-0.3, -0.25) is 19.2 Å². The first kappa shape index (κ1) is 37.8. The summed E-state index contributed by atoms with van der Waals surface area (Å²) in [7, 11) is 1.50. The second kappa shape index (κ2) is 15.7. The molecule has 0 saturated carbocycles. The first-order chi connectivity index (χ1) is 22.8. The van der Waals surface area contributed by atoms with Crippen molar-refractivity contribution < 1.29 is 38.5 Å². The lowest BCUT2D eigenvalue weighted by Crippen LogP contribution is -2.61. The summed E-state index contributed by atoms with van der Waals surface area (Å²) in [5.74, 6) is -3.76. The topological polar surface area (TPSA) is 135 Å². The van der Waals surface area contributed by atoms with E-state index in [0.717, 1.165) is 0 Å². The lowest BCUT2D eigenvalue weighted by atomic mass is 9.70. The third kappa shape index (κ3) is 7.13. The number of methoxy groups -OCH3 is 1. The van der Waals surface area contributed by atoms with E-state index in [1.165, 1.54) is 12.0 Å². The van der Waals surface area contributed by atoms with Crippen LogP contribution < -0.4 is 5.32 Å². The Balaban J connectivity index is 1.76. The Labute approximate surface area is 292 Å². The highest BCUT2D eigenvalue weighted by atomic mass is 79.9. The number of hydrogen-bond acceptors (Lipinski definition) is 8. The predicted molar refractivity (Wildman–Crippen MR) is 184 cm³/mol. The van der Waals surface area contributed by atoms with Gasteiger partial charge in [-0.25, -0.2) is 0 Å². The summed E-state index contributed by atoms with van der Waals surface area (Å²) in [6.07, 6.45) is 2.97. The van der Waals surface area contributed by atoms with Crippen LogP contribution in [-0.2, 0) is 33.4 Å². The lowest BCUT2D eigenvalue weighted by Gasteiger charge is -2.43. The molecule has 3 heterocycles. The van der Waals surface area contributed by atoms with E-state index in [2.05, 4.69) is 34.4 Å². The van der Waals surface area contributed by atoms with E-state index in [0.29, 0.717) is 24.8 Å². The van der Waals surface area contributed by atoms with Crippen LogP contribution in [0.25, 0.3) is 0 Å². The Morgan fingerprint density at radius 2 is 1.92 bits per heavy atom. The van der Waals surface area contributed by atoms with Crippen molar-refractivity contribution in [1.29, 1.82) is 0 Å². The molecule has 2 bridgehead atoms. The molecule has 0 radical (unpaired) electrons. The molecule has 11 nitrogen and oxygen atoms in total. The molecule has 0 aromatic heterocycles. The first-order valence-electron chi connectivity index (χ1n) is 16.6. The summed E-state index contributed by atoms with van der Waals surface area (Å²) in [6.45, 7) is 15.0. The molecule has 12 heteroatoms. The number of halogens is 1. The Morgan fingerprint density at radius 1 is 1.23 bits per heavy atom. The Hall–Kier alpha value is -3.06. The van der Waals surface area contributed by atoms with Gasteiger partial charge in [-0.05, 0) is 45.6 Å². The molecule has 1 aromatic rings. The normalized spacial score (nSPS) is 27.9. The largest absolute Gasteiger partial charge is 0.455 e. The van der Waals surface area contributed by atoms with Crippen molar-refractivity contribution in [2.75, 3.05) is 26.9 Å². The minimum Gasteiger partial charge on any atom is -0.455 e. The molecule has 1 aromatic carbocycles. The fraction of sp³-hybridized carbons (Fsp3) is 0.611. The van der Waals surface area contributed by atoms with E-state index in [-0.39, 0.29) is 42.8 Å². The molecule has 3 aliphatic heterocycles. The summed E-state index contributed by atoms with van der Waals surface area (Å²) >= 11 is 3.71. The van der Waals surface area contributed by atoms with Gasteiger partial charge >= 0.3 is 5.97 Å². The highest BCUT2D eigenvalue weighted by Gasteiger charge is 2.77. The SMILES string of the molecule is C=CCCC(=O)N[C@@H](COC)[C@@H](OC(=O)[C@@H]1[C@H]2O[C@@]3(CC2Br)[C@H](C(=O)N(CC=C)C(C)(C)C)N([C@@H](CC)CO)C(=O)[C@@H]13)c1ccccc1. The highest BCUT2D eigenvalue weighted by Crippen LogP contribution is 2.61. The first-order valence-corrected chi connectivity index (χ1v) is 17.5. The van der Waals surface area contributed by atoms with Gasteiger partial charge in [0, 0.05) is 30.4 Å². The van der Waals surface area contributed by atoms with Gasteiger partial charge < -0.3 is 34.4 Å². The van der Waals surface area contributed by atoms with E-state index in [1.54, 1.807) is 29.2 Å². The molecule has 3 aliphatic rings. The van der Waals surface area contributed by atoms with Crippen molar-refractivity contribution in [2.24, 2.45) is 11.8 Å². The van der Waals surface area contributed by atoms with Crippen LogP contribution in [0.2, 0.25) is 0 Å². The van der Waals surface area contributed by atoms with Gasteiger partial charge in [-0.15, -0.1) is 13.2 Å². The minimum absolute atomic E-state index is 0.0512. The molecular weight excluding hydrogens is 682 g/mol. The zero-order valence-electron chi connectivity index (χ0n) is 28.6. The van der Waals surface area contributed by atoms with Crippen LogP contribution in [0.15, 0.2) is 55.6 Å². The number of alkyl halides is 1. The number of allylic oxidation sites excluding steroid dienone is 1. The zero-order chi connectivity index (χ0) is 35.4. The number of hydrogen-bond donors (Lipinski definition) is 2. The molecule has 1 spiro atoms. The van der Waals surface area contributed by atoms with E-state index in [1.807, 2.05) is 45.9 Å². The quantitative estimate of drug-likeness (QED) is 0.149. The van der Waals surface area contributed by atoms with Crippen LogP contribution >= 0.6 is 15.9 Å². The fourth-order valence-corrected chi connectivity index (χ4v) is 8.46. The summed E-state index contributed by atoms with van der Waals surface area (Å²) in [5.41, 5.74) is -1.32. The predicted octanol–water partition coefficient (Wildman–Crippen LogP) is 3.70. The lowest BCUT2D eigenvalue weighted by molar-refractivity contribution is -0.163. The Bertz CT molecular complexity index is 1350. The van der Waals surface area contributed by atoms with Crippen LogP contribution in [-0.4, -0.2) is 106 Å². The van der Waals surface area contributed by atoms with E-state index < -0.39 is 65.2 Å². The molecule has 4 rings (SSSR count). The molecule has 9 atom stereocenters. The fourth-order valence-electron chi connectivity index (χ4n) is 7.52. The number of aliphatic hydroxyl groups excluding tert-OH is 1. The second-order valence-electron chi connectivity index (χ2n) is 13.8. The van der Waals surface area contributed by atoms with Crippen molar-refractivity contribution in [1.82, 2.24) is 15.1 Å². The number of aliphatic hydroxyl groups is 1. The summed E-state index contributed by atoms with van der Waals surface area (Å²) in [6, 6.07) is 6.56.